The Hall–Kier alpha value is -1.56. The molecule has 0 saturated carbocycles. The summed E-state index contributed by atoms with van der Waals surface area (Å²) >= 11 is 0. The molecule has 19 heavy (non-hydrogen) atoms. The van der Waals surface area contributed by atoms with Crippen molar-refractivity contribution in [1.29, 1.82) is 0 Å². The molecule has 1 rings (SSSR count). The number of nitrogens with zero attached hydrogens (tertiary/aromatic N) is 1. The Balaban J connectivity index is 2.35. The summed E-state index contributed by atoms with van der Waals surface area (Å²) in [5, 5.41) is 18.5. The fourth-order valence-electron chi connectivity index (χ4n) is 1.82. The van der Waals surface area contributed by atoms with Gasteiger partial charge in [-0.05, 0) is 40.5 Å². The molecule has 3 N–H and O–H groups in total. The predicted octanol–water partition coefficient (Wildman–Crippen LogP) is 1.29. The van der Waals surface area contributed by atoms with Crippen LogP contribution in [0.3, 0.4) is 0 Å². The highest BCUT2D eigenvalue weighted by molar-refractivity contribution is 5.74. The van der Waals surface area contributed by atoms with Gasteiger partial charge in [-0.25, -0.2) is 4.79 Å². The standard InChI is InChI=1S/C13H23N3O3/c1-8(7-12-10(3)16-19-11(12)4)15-13(18)14-6-5-9(2)17/h8-9,17H,5-7H2,1-4H3,(H2,14,15,18). The molecule has 6 nitrogen and oxygen atoms in total. The lowest BCUT2D eigenvalue weighted by molar-refractivity contribution is 0.183. The minimum Gasteiger partial charge on any atom is -0.393 e. The van der Waals surface area contributed by atoms with E-state index in [2.05, 4.69) is 15.8 Å². The molecule has 1 aromatic heterocycles. The molecule has 1 heterocycles. The Morgan fingerprint density at radius 3 is 2.63 bits per heavy atom. The summed E-state index contributed by atoms with van der Waals surface area (Å²) in [6, 6.07) is -0.233. The van der Waals surface area contributed by atoms with E-state index >= 15 is 0 Å². The number of aromatic nitrogens is 1. The van der Waals surface area contributed by atoms with Gasteiger partial charge in [0.1, 0.15) is 5.76 Å². The molecule has 0 fully saturated rings. The van der Waals surface area contributed by atoms with Crippen LogP contribution >= 0.6 is 0 Å². The van der Waals surface area contributed by atoms with Gasteiger partial charge in [-0.2, -0.15) is 0 Å². The van der Waals surface area contributed by atoms with Crippen molar-refractivity contribution in [3.8, 4) is 0 Å². The quantitative estimate of drug-likeness (QED) is 0.726. The number of hydrogen-bond acceptors (Lipinski definition) is 4. The maximum Gasteiger partial charge on any atom is 0.315 e. The van der Waals surface area contributed by atoms with Gasteiger partial charge in [0.15, 0.2) is 0 Å². The first kappa shape index (κ1) is 15.5. The van der Waals surface area contributed by atoms with E-state index in [0.717, 1.165) is 17.0 Å². The van der Waals surface area contributed by atoms with Crippen molar-refractivity contribution in [1.82, 2.24) is 15.8 Å². The summed E-state index contributed by atoms with van der Waals surface area (Å²) in [5.41, 5.74) is 1.90. The van der Waals surface area contributed by atoms with Crippen molar-refractivity contribution < 1.29 is 14.4 Å². The second kappa shape index (κ2) is 7.13. The van der Waals surface area contributed by atoms with Crippen molar-refractivity contribution >= 4 is 6.03 Å². The SMILES string of the molecule is Cc1noc(C)c1CC(C)NC(=O)NCCC(C)O. The summed E-state index contributed by atoms with van der Waals surface area (Å²) in [7, 11) is 0. The third kappa shape index (κ3) is 5.30. The predicted molar refractivity (Wildman–Crippen MR) is 72.0 cm³/mol. The van der Waals surface area contributed by atoms with Crippen LogP contribution in [0.4, 0.5) is 4.79 Å². The zero-order valence-electron chi connectivity index (χ0n) is 12.0. The smallest absolute Gasteiger partial charge is 0.315 e. The van der Waals surface area contributed by atoms with E-state index in [1.165, 1.54) is 0 Å². The molecule has 1 aromatic rings. The van der Waals surface area contributed by atoms with Gasteiger partial charge in [-0.15, -0.1) is 0 Å². The van der Waals surface area contributed by atoms with E-state index in [9.17, 15) is 4.79 Å². The Bertz CT molecular complexity index is 396. The van der Waals surface area contributed by atoms with Crippen molar-refractivity contribution in [2.45, 2.75) is 52.7 Å². The minimum absolute atomic E-state index is 0.0108. The van der Waals surface area contributed by atoms with Gasteiger partial charge in [0.2, 0.25) is 0 Å². The number of aliphatic hydroxyl groups excluding tert-OH is 1. The highest BCUT2D eigenvalue weighted by atomic mass is 16.5. The molecular weight excluding hydrogens is 246 g/mol. The number of rotatable bonds is 6. The maximum atomic E-state index is 11.6. The van der Waals surface area contributed by atoms with Gasteiger partial charge >= 0.3 is 6.03 Å². The monoisotopic (exact) mass is 269 g/mol. The summed E-state index contributed by atoms with van der Waals surface area (Å²) < 4.78 is 5.09. The Kier molecular flexibility index (Phi) is 5.82. The van der Waals surface area contributed by atoms with Crippen LogP contribution in [-0.4, -0.2) is 35.0 Å². The number of amides is 2. The molecule has 108 valence electrons. The van der Waals surface area contributed by atoms with Gasteiger partial charge in [-0.1, -0.05) is 5.16 Å². The second-order valence-electron chi connectivity index (χ2n) is 4.95. The molecule has 6 heteroatoms. The lowest BCUT2D eigenvalue weighted by Crippen LogP contribution is -2.42. The first-order chi connectivity index (χ1) is 8.90. The Labute approximate surface area is 113 Å². The minimum atomic E-state index is -0.403. The van der Waals surface area contributed by atoms with E-state index in [-0.39, 0.29) is 12.1 Å². The number of aliphatic hydroxyl groups is 1. The normalized spacial score (nSPS) is 13.9. The van der Waals surface area contributed by atoms with Crippen LogP contribution in [0.2, 0.25) is 0 Å². The van der Waals surface area contributed by atoms with Gasteiger partial charge < -0.3 is 20.3 Å². The molecule has 0 aromatic carbocycles. The molecule has 0 saturated heterocycles. The number of hydrogen-bond donors (Lipinski definition) is 3. The highest BCUT2D eigenvalue weighted by Gasteiger charge is 2.14. The topological polar surface area (TPSA) is 87.4 Å². The number of urea groups is 1. The number of nitrogens with one attached hydrogen (secondary N) is 2. The van der Waals surface area contributed by atoms with Crippen LogP contribution in [0.1, 0.15) is 37.3 Å². The van der Waals surface area contributed by atoms with E-state index in [1.54, 1.807) is 6.92 Å². The zero-order chi connectivity index (χ0) is 14.4. The maximum absolute atomic E-state index is 11.6. The molecule has 0 aliphatic heterocycles. The van der Waals surface area contributed by atoms with Crippen molar-refractivity contribution in [3.05, 3.63) is 17.0 Å². The molecule has 0 aliphatic rings. The van der Waals surface area contributed by atoms with Gasteiger partial charge in [0, 0.05) is 18.2 Å². The fraction of sp³-hybridized carbons (Fsp3) is 0.692. The third-order valence-electron chi connectivity index (χ3n) is 2.92. The average molecular weight is 269 g/mol. The molecule has 2 atom stereocenters. The molecular formula is C13H23N3O3. The summed E-state index contributed by atoms with van der Waals surface area (Å²) in [4.78, 5) is 11.6. The molecule has 2 amide bonds. The van der Waals surface area contributed by atoms with Crippen LogP contribution < -0.4 is 10.6 Å². The van der Waals surface area contributed by atoms with Gasteiger partial charge in [0.25, 0.3) is 0 Å². The van der Waals surface area contributed by atoms with E-state index in [1.807, 2.05) is 20.8 Å². The zero-order valence-corrected chi connectivity index (χ0v) is 12.0. The van der Waals surface area contributed by atoms with Gasteiger partial charge in [-0.3, -0.25) is 0 Å². The number of carbonyl (C=O) groups is 1. The molecule has 0 bridgehead atoms. The van der Waals surface area contributed by atoms with Crippen LogP contribution in [0.5, 0.6) is 0 Å². The first-order valence-corrected chi connectivity index (χ1v) is 6.54. The summed E-state index contributed by atoms with van der Waals surface area (Å²) in [5.74, 6) is 0.792. The van der Waals surface area contributed by atoms with Crippen molar-refractivity contribution in [2.24, 2.45) is 0 Å². The Morgan fingerprint density at radius 1 is 1.42 bits per heavy atom. The summed E-state index contributed by atoms with van der Waals surface area (Å²) in [6.45, 7) is 7.84. The number of aryl methyl sites for hydroxylation is 2. The van der Waals surface area contributed by atoms with Crippen molar-refractivity contribution in [3.63, 3.8) is 0 Å². The molecule has 2 unspecified atom stereocenters. The largest absolute Gasteiger partial charge is 0.393 e. The van der Waals surface area contributed by atoms with Crippen LogP contribution in [0, 0.1) is 13.8 Å². The number of carbonyl (C=O) groups excluding carboxylic acids is 1. The third-order valence-corrected chi connectivity index (χ3v) is 2.92. The van der Waals surface area contributed by atoms with Gasteiger partial charge in [0.05, 0.1) is 11.8 Å². The lowest BCUT2D eigenvalue weighted by atomic mass is 10.1. The highest BCUT2D eigenvalue weighted by Crippen LogP contribution is 2.14. The summed E-state index contributed by atoms with van der Waals surface area (Å²) in [6.07, 6.45) is 0.830. The van der Waals surface area contributed by atoms with E-state index in [4.69, 9.17) is 9.63 Å². The second-order valence-corrected chi connectivity index (χ2v) is 4.95. The van der Waals surface area contributed by atoms with Crippen molar-refractivity contribution in [2.75, 3.05) is 6.54 Å². The molecule has 0 aliphatic carbocycles. The fourth-order valence-corrected chi connectivity index (χ4v) is 1.82. The average Bonchev–Trinajstić information content (AvgIpc) is 2.60. The van der Waals surface area contributed by atoms with Crippen LogP contribution in [0.25, 0.3) is 0 Å². The lowest BCUT2D eigenvalue weighted by Gasteiger charge is -2.14. The molecule has 0 spiro atoms. The Morgan fingerprint density at radius 2 is 2.11 bits per heavy atom. The van der Waals surface area contributed by atoms with Crippen LogP contribution in [0.15, 0.2) is 4.52 Å². The molecule has 0 radical (unpaired) electrons. The van der Waals surface area contributed by atoms with Crippen LogP contribution in [-0.2, 0) is 6.42 Å². The van der Waals surface area contributed by atoms with E-state index in [0.29, 0.717) is 19.4 Å². The first-order valence-electron chi connectivity index (χ1n) is 6.54. The van der Waals surface area contributed by atoms with E-state index < -0.39 is 6.10 Å².